The Morgan fingerprint density at radius 1 is 1.19 bits per heavy atom. The van der Waals surface area contributed by atoms with Gasteiger partial charge in [-0.1, -0.05) is 30.3 Å². The monoisotopic (exact) mass is 367 g/mol. The van der Waals surface area contributed by atoms with Gasteiger partial charge in [0, 0.05) is 37.1 Å². The molecule has 0 radical (unpaired) electrons. The molecule has 27 heavy (non-hydrogen) atoms. The third-order valence-electron chi connectivity index (χ3n) is 4.90. The minimum atomic E-state index is -0.253. The van der Waals surface area contributed by atoms with Crippen LogP contribution in [-0.2, 0) is 4.79 Å². The summed E-state index contributed by atoms with van der Waals surface area (Å²) >= 11 is 0. The van der Waals surface area contributed by atoms with Crippen LogP contribution >= 0.6 is 0 Å². The Morgan fingerprint density at radius 3 is 2.52 bits per heavy atom. The van der Waals surface area contributed by atoms with Crippen LogP contribution in [0.5, 0.6) is 5.75 Å². The summed E-state index contributed by atoms with van der Waals surface area (Å²) in [4.78, 5) is 19.3. The molecule has 1 aliphatic heterocycles. The lowest BCUT2D eigenvalue weighted by Gasteiger charge is -2.37. The number of ether oxygens (including phenoxy) is 1. The fraction of sp³-hybridized carbons (Fsp3) is 0.455. The van der Waals surface area contributed by atoms with E-state index in [-0.39, 0.29) is 24.1 Å². The number of benzene rings is 1. The number of nitrogens with zero attached hydrogens (tertiary/aromatic N) is 2. The highest BCUT2D eigenvalue weighted by atomic mass is 16.5. The van der Waals surface area contributed by atoms with Crippen molar-refractivity contribution in [3.63, 3.8) is 0 Å². The molecule has 5 nitrogen and oxygen atoms in total. The first kappa shape index (κ1) is 19.4. The van der Waals surface area contributed by atoms with Crippen LogP contribution in [0, 0.1) is 6.92 Å². The molecule has 1 N–H and O–H groups in total. The maximum Gasteiger partial charge on any atom is 0.242 e. The SMILES string of the molecule is Cc1cnccc1OC1CCN(C(C(=O)NC(C)C)c2ccccc2)CC1. The lowest BCUT2D eigenvalue weighted by molar-refractivity contribution is -0.128. The molecule has 0 spiro atoms. The Hall–Kier alpha value is -2.40. The van der Waals surface area contributed by atoms with E-state index in [0.717, 1.165) is 42.8 Å². The van der Waals surface area contributed by atoms with E-state index in [4.69, 9.17) is 4.74 Å². The third-order valence-corrected chi connectivity index (χ3v) is 4.90. The molecule has 1 atom stereocenters. The normalized spacial score (nSPS) is 16.9. The van der Waals surface area contributed by atoms with Gasteiger partial charge in [-0.05, 0) is 45.2 Å². The molecule has 1 saturated heterocycles. The first-order chi connectivity index (χ1) is 13.0. The molecule has 1 unspecified atom stereocenters. The number of nitrogens with one attached hydrogen (secondary N) is 1. The van der Waals surface area contributed by atoms with Crippen molar-refractivity contribution in [2.45, 2.75) is 51.8 Å². The Morgan fingerprint density at radius 2 is 1.89 bits per heavy atom. The summed E-state index contributed by atoms with van der Waals surface area (Å²) in [5, 5.41) is 3.08. The largest absolute Gasteiger partial charge is 0.490 e. The molecule has 1 fully saturated rings. The molecule has 1 aliphatic rings. The van der Waals surface area contributed by atoms with Crippen molar-refractivity contribution < 1.29 is 9.53 Å². The van der Waals surface area contributed by atoms with Crippen molar-refractivity contribution in [3.05, 3.63) is 59.9 Å². The second-order valence-electron chi connectivity index (χ2n) is 7.47. The maximum atomic E-state index is 12.9. The summed E-state index contributed by atoms with van der Waals surface area (Å²) < 4.78 is 6.18. The van der Waals surface area contributed by atoms with Crippen LogP contribution in [-0.4, -0.2) is 41.0 Å². The minimum Gasteiger partial charge on any atom is -0.490 e. The Labute approximate surface area is 161 Å². The number of hydrogen-bond acceptors (Lipinski definition) is 4. The Kier molecular flexibility index (Phi) is 6.45. The fourth-order valence-corrected chi connectivity index (χ4v) is 3.55. The van der Waals surface area contributed by atoms with Gasteiger partial charge in [0.05, 0.1) is 0 Å². The van der Waals surface area contributed by atoms with Crippen molar-refractivity contribution in [2.24, 2.45) is 0 Å². The summed E-state index contributed by atoms with van der Waals surface area (Å²) in [6.45, 7) is 7.67. The average molecular weight is 367 g/mol. The number of amides is 1. The van der Waals surface area contributed by atoms with Crippen LogP contribution in [0.4, 0.5) is 0 Å². The number of carbonyl (C=O) groups excluding carboxylic acids is 1. The van der Waals surface area contributed by atoms with Crippen molar-refractivity contribution in [1.29, 1.82) is 0 Å². The number of rotatable bonds is 6. The fourth-order valence-electron chi connectivity index (χ4n) is 3.55. The summed E-state index contributed by atoms with van der Waals surface area (Å²) in [5.41, 5.74) is 2.10. The number of hydrogen-bond donors (Lipinski definition) is 1. The van der Waals surface area contributed by atoms with Gasteiger partial charge in [0.1, 0.15) is 17.9 Å². The van der Waals surface area contributed by atoms with Crippen LogP contribution in [0.3, 0.4) is 0 Å². The minimum absolute atomic E-state index is 0.0700. The zero-order chi connectivity index (χ0) is 19.2. The van der Waals surface area contributed by atoms with Crippen molar-refractivity contribution >= 4 is 5.91 Å². The molecule has 3 rings (SSSR count). The average Bonchev–Trinajstić information content (AvgIpc) is 2.65. The van der Waals surface area contributed by atoms with Gasteiger partial charge in [-0.25, -0.2) is 0 Å². The van der Waals surface area contributed by atoms with Crippen LogP contribution < -0.4 is 10.1 Å². The van der Waals surface area contributed by atoms with E-state index in [2.05, 4.69) is 15.2 Å². The summed E-state index contributed by atoms with van der Waals surface area (Å²) in [6.07, 6.45) is 5.57. The highest BCUT2D eigenvalue weighted by Gasteiger charge is 2.32. The number of aromatic nitrogens is 1. The van der Waals surface area contributed by atoms with Gasteiger partial charge in [-0.15, -0.1) is 0 Å². The van der Waals surface area contributed by atoms with Crippen molar-refractivity contribution in [2.75, 3.05) is 13.1 Å². The molecule has 1 aromatic heterocycles. The maximum absolute atomic E-state index is 12.9. The van der Waals surface area contributed by atoms with Crippen LogP contribution in [0.25, 0.3) is 0 Å². The molecule has 144 valence electrons. The van der Waals surface area contributed by atoms with E-state index in [9.17, 15) is 4.79 Å². The van der Waals surface area contributed by atoms with Gasteiger partial charge >= 0.3 is 0 Å². The second-order valence-corrected chi connectivity index (χ2v) is 7.47. The van der Waals surface area contributed by atoms with Crippen molar-refractivity contribution in [1.82, 2.24) is 15.2 Å². The van der Waals surface area contributed by atoms with E-state index >= 15 is 0 Å². The molecule has 1 amide bonds. The van der Waals surface area contributed by atoms with Gasteiger partial charge < -0.3 is 10.1 Å². The smallest absolute Gasteiger partial charge is 0.242 e. The number of carbonyl (C=O) groups is 1. The van der Waals surface area contributed by atoms with E-state index in [1.54, 1.807) is 6.20 Å². The first-order valence-corrected chi connectivity index (χ1v) is 9.71. The van der Waals surface area contributed by atoms with Gasteiger partial charge in [-0.3, -0.25) is 14.7 Å². The summed E-state index contributed by atoms with van der Waals surface area (Å²) in [6, 6.07) is 11.8. The van der Waals surface area contributed by atoms with Gasteiger partial charge in [0.25, 0.3) is 0 Å². The standard InChI is InChI=1S/C22H29N3O2/c1-16(2)24-22(26)21(18-7-5-4-6-8-18)25-13-10-19(11-14-25)27-20-9-12-23-15-17(20)3/h4-9,12,15-16,19,21H,10-11,13-14H2,1-3H3,(H,24,26). The summed E-state index contributed by atoms with van der Waals surface area (Å²) in [7, 11) is 0. The molecular formula is C22H29N3O2. The van der Waals surface area contributed by atoms with Gasteiger partial charge in [-0.2, -0.15) is 0 Å². The van der Waals surface area contributed by atoms with Gasteiger partial charge in [0.15, 0.2) is 0 Å². The number of pyridine rings is 1. The first-order valence-electron chi connectivity index (χ1n) is 9.71. The molecule has 2 heterocycles. The molecule has 0 aliphatic carbocycles. The second kappa shape index (κ2) is 9.00. The molecule has 5 heteroatoms. The predicted molar refractivity (Wildman–Crippen MR) is 107 cm³/mol. The molecule has 2 aromatic rings. The quantitative estimate of drug-likeness (QED) is 0.849. The zero-order valence-corrected chi connectivity index (χ0v) is 16.4. The molecular weight excluding hydrogens is 338 g/mol. The molecule has 1 aromatic carbocycles. The van der Waals surface area contributed by atoms with Crippen LogP contribution in [0.1, 0.15) is 43.9 Å². The Balaban J connectivity index is 1.67. The van der Waals surface area contributed by atoms with Gasteiger partial charge in [0.2, 0.25) is 5.91 Å². The topological polar surface area (TPSA) is 54.5 Å². The molecule has 0 bridgehead atoms. The number of aryl methyl sites for hydroxylation is 1. The van der Waals surface area contributed by atoms with Crippen molar-refractivity contribution in [3.8, 4) is 5.75 Å². The molecule has 0 saturated carbocycles. The van der Waals surface area contributed by atoms with Crippen LogP contribution in [0.2, 0.25) is 0 Å². The number of likely N-dealkylation sites (tertiary alicyclic amines) is 1. The van der Waals surface area contributed by atoms with Crippen LogP contribution in [0.15, 0.2) is 48.8 Å². The predicted octanol–water partition coefficient (Wildman–Crippen LogP) is 3.50. The highest BCUT2D eigenvalue weighted by Crippen LogP contribution is 2.27. The highest BCUT2D eigenvalue weighted by molar-refractivity contribution is 5.83. The van der Waals surface area contributed by atoms with E-state index in [0.29, 0.717) is 0 Å². The third kappa shape index (κ3) is 5.07. The Bertz CT molecular complexity index is 740. The van der Waals surface area contributed by atoms with E-state index in [1.807, 2.05) is 63.4 Å². The number of piperidine rings is 1. The van der Waals surface area contributed by atoms with E-state index in [1.165, 1.54) is 0 Å². The van der Waals surface area contributed by atoms with E-state index < -0.39 is 0 Å². The lowest BCUT2D eigenvalue weighted by atomic mass is 9.99. The summed E-state index contributed by atoms with van der Waals surface area (Å²) in [5.74, 6) is 0.973. The zero-order valence-electron chi connectivity index (χ0n) is 16.4. The lowest BCUT2D eigenvalue weighted by Crippen LogP contribution is -2.47.